The first-order chi connectivity index (χ1) is 11.4. The van der Waals surface area contributed by atoms with Crippen LogP contribution < -0.4 is 5.19 Å². The zero-order valence-corrected chi connectivity index (χ0v) is 16.2. The third-order valence-electron chi connectivity index (χ3n) is 4.53. The van der Waals surface area contributed by atoms with E-state index in [4.69, 9.17) is 4.98 Å². The highest BCUT2D eigenvalue weighted by Crippen LogP contribution is 2.30. The Balaban J connectivity index is 2.29. The third-order valence-corrected chi connectivity index (χ3v) is 6.55. The van der Waals surface area contributed by atoms with Gasteiger partial charge in [-0.3, -0.25) is 4.98 Å². The van der Waals surface area contributed by atoms with Gasteiger partial charge >= 0.3 is 0 Å². The Kier molecular flexibility index (Phi) is 4.42. The molecule has 0 aliphatic rings. The van der Waals surface area contributed by atoms with Gasteiger partial charge in [-0.05, 0) is 47.4 Å². The van der Waals surface area contributed by atoms with Crippen molar-refractivity contribution in [2.45, 2.75) is 33.5 Å². The molecular formula is C22H25NSi. The summed E-state index contributed by atoms with van der Waals surface area (Å²) in [7, 11) is -1.49. The van der Waals surface area contributed by atoms with E-state index in [9.17, 15) is 0 Å². The van der Waals surface area contributed by atoms with Crippen molar-refractivity contribution in [1.82, 2.24) is 4.98 Å². The lowest BCUT2D eigenvalue weighted by molar-refractivity contribution is 1.32. The van der Waals surface area contributed by atoms with E-state index in [0.717, 1.165) is 5.69 Å². The summed E-state index contributed by atoms with van der Waals surface area (Å²) in [5.74, 6) is 0. The van der Waals surface area contributed by atoms with Crippen molar-refractivity contribution in [2.24, 2.45) is 0 Å². The van der Waals surface area contributed by atoms with Gasteiger partial charge in [0.2, 0.25) is 0 Å². The molecule has 1 nitrogen and oxygen atoms in total. The van der Waals surface area contributed by atoms with Crippen LogP contribution in [0, 0.1) is 13.8 Å². The van der Waals surface area contributed by atoms with Crippen LogP contribution in [0.1, 0.15) is 11.1 Å². The van der Waals surface area contributed by atoms with Crippen LogP contribution in [-0.4, -0.2) is 13.1 Å². The molecular weight excluding hydrogens is 306 g/mol. The van der Waals surface area contributed by atoms with Crippen LogP contribution in [0.5, 0.6) is 0 Å². The molecule has 0 saturated carbocycles. The lowest BCUT2D eigenvalue weighted by atomic mass is 9.95. The van der Waals surface area contributed by atoms with E-state index in [1.807, 2.05) is 6.07 Å². The van der Waals surface area contributed by atoms with E-state index >= 15 is 0 Å². The molecule has 1 heterocycles. The molecule has 3 rings (SSSR count). The SMILES string of the molecule is Cc1cccc(C)c1-c1cc(-c2ccccc2)ncc1[Si](C)(C)C. The zero-order chi connectivity index (χ0) is 17.3. The van der Waals surface area contributed by atoms with Crippen LogP contribution in [0.25, 0.3) is 22.4 Å². The fraction of sp³-hybridized carbons (Fsp3) is 0.227. The second-order valence-electron chi connectivity index (χ2n) is 7.50. The maximum Gasteiger partial charge on any atom is 0.0804 e. The standard InChI is InChI=1S/C22H25NSi/c1-16-10-9-11-17(2)22(16)19-14-20(18-12-7-6-8-13-18)23-15-21(19)24(3,4)5/h6-15H,1-5H3. The van der Waals surface area contributed by atoms with E-state index < -0.39 is 8.07 Å². The Bertz CT molecular complexity index is 841. The van der Waals surface area contributed by atoms with Crippen molar-refractivity contribution in [1.29, 1.82) is 0 Å². The van der Waals surface area contributed by atoms with E-state index in [0.29, 0.717) is 0 Å². The number of pyridine rings is 1. The Labute approximate surface area is 146 Å². The first-order valence-electron chi connectivity index (χ1n) is 8.50. The fourth-order valence-corrected chi connectivity index (χ4v) is 4.72. The van der Waals surface area contributed by atoms with E-state index in [1.165, 1.54) is 33.0 Å². The monoisotopic (exact) mass is 331 g/mol. The summed E-state index contributed by atoms with van der Waals surface area (Å²) in [6, 6.07) is 19.3. The quantitative estimate of drug-likeness (QED) is 0.571. The van der Waals surface area contributed by atoms with Crippen molar-refractivity contribution < 1.29 is 0 Å². The predicted molar refractivity (Wildman–Crippen MR) is 108 cm³/mol. The highest BCUT2D eigenvalue weighted by molar-refractivity contribution is 6.89. The average molecular weight is 332 g/mol. The summed E-state index contributed by atoms with van der Waals surface area (Å²) in [6.45, 7) is 11.6. The van der Waals surface area contributed by atoms with Crippen LogP contribution >= 0.6 is 0 Å². The second kappa shape index (κ2) is 6.37. The summed E-state index contributed by atoms with van der Waals surface area (Å²) < 4.78 is 0. The van der Waals surface area contributed by atoms with E-state index in [1.54, 1.807) is 0 Å². The Morgan fingerprint density at radius 1 is 0.792 bits per heavy atom. The fourth-order valence-electron chi connectivity index (χ4n) is 3.27. The summed E-state index contributed by atoms with van der Waals surface area (Å²) in [4.78, 5) is 4.80. The van der Waals surface area contributed by atoms with Crippen molar-refractivity contribution in [3.8, 4) is 22.4 Å². The van der Waals surface area contributed by atoms with Gasteiger partial charge in [0.15, 0.2) is 0 Å². The molecule has 0 bridgehead atoms. The maximum atomic E-state index is 4.80. The number of aryl methyl sites for hydroxylation is 2. The Morgan fingerprint density at radius 2 is 1.42 bits per heavy atom. The van der Waals surface area contributed by atoms with Gasteiger partial charge in [-0.25, -0.2) is 0 Å². The van der Waals surface area contributed by atoms with Crippen molar-refractivity contribution in [3.05, 3.63) is 71.9 Å². The first-order valence-corrected chi connectivity index (χ1v) is 12.0. The van der Waals surface area contributed by atoms with Crippen LogP contribution in [0.4, 0.5) is 0 Å². The molecule has 3 aromatic rings. The smallest absolute Gasteiger partial charge is 0.0804 e. The van der Waals surface area contributed by atoms with E-state index in [-0.39, 0.29) is 0 Å². The molecule has 0 amide bonds. The molecule has 0 aliphatic heterocycles. The molecule has 0 spiro atoms. The maximum absolute atomic E-state index is 4.80. The van der Waals surface area contributed by atoms with Crippen molar-refractivity contribution in [2.75, 3.05) is 0 Å². The summed E-state index contributed by atoms with van der Waals surface area (Å²) in [6.07, 6.45) is 2.12. The van der Waals surface area contributed by atoms with Gasteiger partial charge in [0.05, 0.1) is 13.8 Å². The average Bonchev–Trinajstić information content (AvgIpc) is 2.54. The number of nitrogens with zero attached hydrogens (tertiary/aromatic N) is 1. The molecule has 2 heteroatoms. The minimum Gasteiger partial charge on any atom is -0.256 e. The number of hydrogen-bond donors (Lipinski definition) is 0. The molecule has 0 N–H and O–H groups in total. The van der Waals surface area contributed by atoms with E-state index in [2.05, 4.69) is 88.2 Å². The Morgan fingerprint density at radius 3 is 2.00 bits per heavy atom. The normalized spacial score (nSPS) is 11.5. The summed E-state index contributed by atoms with van der Waals surface area (Å²) in [5.41, 5.74) is 7.62. The number of aromatic nitrogens is 1. The van der Waals surface area contributed by atoms with Crippen molar-refractivity contribution in [3.63, 3.8) is 0 Å². The van der Waals surface area contributed by atoms with Gasteiger partial charge in [0.25, 0.3) is 0 Å². The number of hydrogen-bond acceptors (Lipinski definition) is 1. The Hall–Kier alpha value is -2.19. The second-order valence-corrected chi connectivity index (χ2v) is 12.5. The molecule has 2 aromatic carbocycles. The third kappa shape index (κ3) is 3.20. The van der Waals surface area contributed by atoms with Gasteiger partial charge in [-0.15, -0.1) is 0 Å². The van der Waals surface area contributed by atoms with Gasteiger partial charge in [-0.1, -0.05) is 68.2 Å². The largest absolute Gasteiger partial charge is 0.256 e. The lowest BCUT2D eigenvalue weighted by Gasteiger charge is -2.23. The molecule has 0 atom stereocenters. The molecule has 0 aliphatic carbocycles. The molecule has 1 aromatic heterocycles. The minimum absolute atomic E-state index is 1.05. The highest BCUT2D eigenvalue weighted by atomic mass is 28.3. The first kappa shape index (κ1) is 16.7. The molecule has 0 fully saturated rings. The van der Waals surface area contributed by atoms with Gasteiger partial charge in [0, 0.05) is 11.8 Å². The predicted octanol–water partition coefficient (Wildman–Crippen LogP) is 5.58. The number of benzene rings is 2. The molecule has 0 saturated heterocycles. The van der Waals surface area contributed by atoms with Crippen LogP contribution in [-0.2, 0) is 0 Å². The molecule has 0 radical (unpaired) electrons. The zero-order valence-electron chi connectivity index (χ0n) is 15.2. The molecule has 24 heavy (non-hydrogen) atoms. The number of rotatable bonds is 3. The summed E-state index contributed by atoms with van der Waals surface area (Å²) >= 11 is 0. The van der Waals surface area contributed by atoms with Crippen LogP contribution in [0.3, 0.4) is 0 Å². The van der Waals surface area contributed by atoms with Gasteiger partial charge < -0.3 is 0 Å². The van der Waals surface area contributed by atoms with Gasteiger partial charge in [0.1, 0.15) is 0 Å². The molecule has 0 unspecified atom stereocenters. The summed E-state index contributed by atoms with van der Waals surface area (Å²) in [5, 5.41) is 1.43. The lowest BCUT2D eigenvalue weighted by Crippen LogP contribution is -2.39. The topological polar surface area (TPSA) is 12.9 Å². The van der Waals surface area contributed by atoms with Gasteiger partial charge in [-0.2, -0.15) is 0 Å². The molecule has 122 valence electrons. The van der Waals surface area contributed by atoms with Crippen LogP contribution in [0.15, 0.2) is 60.8 Å². The highest BCUT2D eigenvalue weighted by Gasteiger charge is 2.23. The minimum atomic E-state index is -1.49. The van der Waals surface area contributed by atoms with Crippen molar-refractivity contribution >= 4 is 13.3 Å². The van der Waals surface area contributed by atoms with Crippen LogP contribution in [0.2, 0.25) is 19.6 Å².